The van der Waals surface area contributed by atoms with E-state index in [2.05, 4.69) is 10.2 Å². The second-order valence-electron chi connectivity index (χ2n) is 6.09. The molecule has 6 nitrogen and oxygen atoms in total. The van der Waals surface area contributed by atoms with Gasteiger partial charge in [0.2, 0.25) is 0 Å². The van der Waals surface area contributed by atoms with Gasteiger partial charge < -0.3 is 9.30 Å². The highest BCUT2D eigenvalue weighted by Gasteiger charge is 2.25. The van der Waals surface area contributed by atoms with Gasteiger partial charge in [-0.3, -0.25) is 10.00 Å². The Morgan fingerprint density at radius 1 is 1.35 bits per heavy atom. The zero-order valence-corrected chi connectivity index (χ0v) is 14.7. The van der Waals surface area contributed by atoms with Crippen molar-refractivity contribution in [2.45, 2.75) is 46.4 Å². The quantitative estimate of drug-likeness (QED) is 0.861. The van der Waals surface area contributed by atoms with Gasteiger partial charge in [-0.25, -0.2) is 4.79 Å². The Bertz CT molecular complexity index is 716. The van der Waals surface area contributed by atoms with E-state index in [0.29, 0.717) is 17.1 Å². The van der Waals surface area contributed by atoms with Gasteiger partial charge >= 0.3 is 6.09 Å². The van der Waals surface area contributed by atoms with Crippen LogP contribution in [0, 0.1) is 4.77 Å². The molecule has 0 spiro atoms. The van der Waals surface area contributed by atoms with Gasteiger partial charge in [0.05, 0.1) is 6.54 Å². The van der Waals surface area contributed by atoms with Crippen LogP contribution in [0.25, 0.3) is 0 Å². The van der Waals surface area contributed by atoms with Gasteiger partial charge in [-0.05, 0) is 52.0 Å². The highest BCUT2D eigenvalue weighted by molar-refractivity contribution is 7.71. The average Bonchev–Trinajstić information content (AvgIpc) is 2.83. The number of nitrogens with zero attached hydrogens (tertiary/aromatic N) is 3. The molecule has 0 fully saturated rings. The fourth-order valence-electron chi connectivity index (χ4n) is 2.12. The molecule has 0 saturated heterocycles. The molecule has 0 atom stereocenters. The van der Waals surface area contributed by atoms with E-state index in [1.165, 1.54) is 0 Å². The summed E-state index contributed by atoms with van der Waals surface area (Å²) in [6, 6.07) is 9.38. The molecule has 0 radical (unpaired) electrons. The SMILES string of the molecule is CCn1c(CN(C(=O)OC(C)(C)C)c2ccccc2)n[nH]c1=S. The lowest BCUT2D eigenvalue weighted by Crippen LogP contribution is -2.37. The van der Waals surface area contributed by atoms with Crippen molar-refractivity contribution in [2.75, 3.05) is 4.90 Å². The number of rotatable bonds is 4. The van der Waals surface area contributed by atoms with Crippen LogP contribution in [0.15, 0.2) is 30.3 Å². The summed E-state index contributed by atoms with van der Waals surface area (Å²) in [5.41, 5.74) is 0.179. The molecular weight excluding hydrogens is 312 g/mol. The highest BCUT2D eigenvalue weighted by Crippen LogP contribution is 2.20. The second kappa shape index (κ2) is 6.95. The highest BCUT2D eigenvalue weighted by atomic mass is 32.1. The van der Waals surface area contributed by atoms with E-state index < -0.39 is 11.7 Å². The first-order valence-corrected chi connectivity index (χ1v) is 7.92. The lowest BCUT2D eigenvalue weighted by molar-refractivity contribution is 0.0576. The molecule has 1 aromatic heterocycles. The molecule has 124 valence electrons. The molecule has 0 aliphatic heterocycles. The number of benzene rings is 1. The fourth-order valence-corrected chi connectivity index (χ4v) is 2.40. The molecular formula is C16H22N4O2S. The summed E-state index contributed by atoms with van der Waals surface area (Å²) in [5.74, 6) is 0.687. The largest absolute Gasteiger partial charge is 0.443 e. The third-order valence-electron chi connectivity index (χ3n) is 3.13. The van der Waals surface area contributed by atoms with E-state index >= 15 is 0 Å². The molecule has 2 aromatic rings. The molecule has 1 heterocycles. The molecule has 7 heteroatoms. The first-order valence-electron chi connectivity index (χ1n) is 7.51. The molecule has 1 amide bonds. The average molecular weight is 334 g/mol. The van der Waals surface area contributed by atoms with E-state index in [1.807, 2.05) is 62.6 Å². The van der Waals surface area contributed by atoms with Crippen LogP contribution in [0.3, 0.4) is 0 Å². The van der Waals surface area contributed by atoms with Gasteiger partial charge in [0.1, 0.15) is 5.60 Å². The molecule has 0 bridgehead atoms. The first kappa shape index (κ1) is 17.2. The number of carbonyl (C=O) groups excluding carboxylic acids is 1. The Morgan fingerprint density at radius 3 is 2.57 bits per heavy atom. The van der Waals surface area contributed by atoms with Crippen molar-refractivity contribution in [1.82, 2.24) is 14.8 Å². The molecule has 0 saturated carbocycles. The van der Waals surface area contributed by atoms with Gasteiger partial charge in [-0.15, -0.1) is 0 Å². The van der Waals surface area contributed by atoms with E-state index in [0.717, 1.165) is 5.69 Å². The lowest BCUT2D eigenvalue weighted by Gasteiger charge is -2.27. The van der Waals surface area contributed by atoms with E-state index in [-0.39, 0.29) is 6.54 Å². The summed E-state index contributed by atoms with van der Waals surface area (Å²) in [4.78, 5) is 14.2. The van der Waals surface area contributed by atoms with Gasteiger partial charge in [0.25, 0.3) is 0 Å². The van der Waals surface area contributed by atoms with Crippen molar-refractivity contribution in [3.63, 3.8) is 0 Å². The molecule has 23 heavy (non-hydrogen) atoms. The summed E-state index contributed by atoms with van der Waals surface area (Å²) in [6.07, 6.45) is -0.416. The van der Waals surface area contributed by atoms with Crippen LogP contribution in [0.2, 0.25) is 0 Å². The third-order valence-corrected chi connectivity index (χ3v) is 3.45. The number of amides is 1. The number of H-pyrrole nitrogens is 1. The Kier molecular flexibility index (Phi) is 5.20. The fraction of sp³-hybridized carbons (Fsp3) is 0.438. The summed E-state index contributed by atoms with van der Waals surface area (Å²) in [7, 11) is 0. The minimum Gasteiger partial charge on any atom is -0.443 e. The maximum atomic E-state index is 12.6. The number of ether oxygens (including phenoxy) is 1. The van der Waals surface area contributed by atoms with Crippen LogP contribution in [0.1, 0.15) is 33.5 Å². The van der Waals surface area contributed by atoms with Gasteiger partial charge in [0, 0.05) is 12.2 Å². The van der Waals surface area contributed by atoms with Gasteiger partial charge in [0.15, 0.2) is 10.6 Å². The van der Waals surface area contributed by atoms with Crippen molar-refractivity contribution in [2.24, 2.45) is 0 Å². The number of aromatic amines is 1. The Balaban J connectivity index is 2.34. The molecule has 1 N–H and O–H groups in total. The van der Waals surface area contributed by atoms with E-state index in [1.54, 1.807) is 4.90 Å². The minimum absolute atomic E-state index is 0.278. The van der Waals surface area contributed by atoms with Crippen molar-refractivity contribution < 1.29 is 9.53 Å². The zero-order valence-electron chi connectivity index (χ0n) is 13.9. The first-order chi connectivity index (χ1) is 10.8. The van der Waals surface area contributed by atoms with Crippen LogP contribution in [-0.2, 0) is 17.8 Å². The van der Waals surface area contributed by atoms with Gasteiger partial charge in [-0.2, -0.15) is 5.10 Å². The van der Waals surface area contributed by atoms with Crippen molar-refractivity contribution in [3.05, 3.63) is 40.9 Å². The molecule has 0 aliphatic carbocycles. The number of aromatic nitrogens is 3. The predicted molar refractivity (Wildman–Crippen MR) is 91.9 cm³/mol. The van der Waals surface area contributed by atoms with E-state index in [4.69, 9.17) is 17.0 Å². The molecule has 2 rings (SSSR count). The summed E-state index contributed by atoms with van der Waals surface area (Å²) in [6.45, 7) is 8.47. The van der Waals surface area contributed by atoms with Crippen LogP contribution in [-0.4, -0.2) is 26.5 Å². The number of hydrogen-bond donors (Lipinski definition) is 1. The van der Waals surface area contributed by atoms with Crippen LogP contribution in [0.5, 0.6) is 0 Å². The zero-order chi connectivity index (χ0) is 17.0. The molecule has 0 unspecified atom stereocenters. The number of para-hydroxylation sites is 1. The smallest absolute Gasteiger partial charge is 0.415 e. The Morgan fingerprint density at radius 2 is 2.00 bits per heavy atom. The standard InChI is InChI=1S/C16H22N4O2S/c1-5-19-13(17-18-14(19)23)11-20(12-9-7-6-8-10-12)15(21)22-16(2,3)4/h6-10H,5,11H2,1-4H3,(H,18,23). The molecule has 0 aliphatic rings. The van der Waals surface area contributed by atoms with Crippen molar-refractivity contribution in [1.29, 1.82) is 0 Å². The monoisotopic (exact) mass is 334 g/mol. The Labute approximate surface area is 141 Å². The van der Waals surface area contributed by atoms with E-state index in [9.17, 15) is 4.79 Å². The number of anilines is 1. The van der Waals surface area contributed by atoms with Crippen molar-refractivity contribution in [3.8, 4) is 0 Å². The maximum absolute atomic E-state index is 12.6. The number of carbonyl (C=O) groups is 1. The molecule has 1 aromatic carbocycles. The summed E-state index contributed by atoms with van der Waals surface area (Å²) < 4.78 is 7.92. The van der Waals surface area contributed by atoms with Crippen molar-refractivity contribution >= 4 is 24.0 Å². The lowest BCUT2D eigenvalue weighted by atomic mass is 10.2. The topological polar surface area (TPSA) is 63.1 Å². The summed E-state index contributed by atoms with van der Waals surface area (Å²) in [5, 5.41) is 7.00. The number of hydrogen-bond acceptors (Lipinski definition) is 4. The second-order valence-corrected chi connectivity index (χ2v) is 6.48. The summed E-state index contributed by atoms with van der Waals surface area (Å²) >= 11 is 5.21. The normalized spacial score (nSPS) is 11.3. The maximum Gasteiger partial charge on any atom is 0.415 e. The van der Waals surface area contributed by atoms with Gasteiger partial charge in [-0.1, -0.05) is 18.2 Å². The van der Waals surface area contributed by atoms with Crippen LogP contribution in [0.4, 0.5) is 10.5 Å². The Hall–Kier alpha value is -2.15. The van der Waals surface area contributed by atoms with Crippen LogP contribution < -0.4 is 4.90 Å². The van der Waals surface area contributed by atoms with Crippen LogP contribution >= 0.6 is 12.2 Å². The predicted octanol–water partition coefficient (Wildman–Crippen LogP) is 3.90. The minimum atomic E-state index is -0.570. The number of nitrogens with one attached hydrogen (secondary N) is 1. The third kappa shape index (κ3) is 4.41.